The average Bonchev–Trinajstić information content (AvgIpc) is 3.35. The molecule has 7 nitrogen and oxygen atoms in total. The number of nitrogens with zero attached hydrogens (tertiary/aromatic N) is 3. The van der Waals surface area contributed by atoms with Gasteiger partial charge in [0.2, 0.25) is 5.82 Å². The number of hydrogen-bond donors (Lipinski definition) is 1. The molecule has 0 bridgehead atoms. The van der Waals surface area contributed by atoms with Gasteiger partial charge in [0.1, 0.15) is 5.75 Å². The highest BCUT2D eigenvalue weighted by atomic mass is 16.5. The lowest BCUT2D eigenvalue weighted by molar-refractivity contribution is 0.244. The Balaban J connectivity index is 1.62. The van der Waals surface area contributed by atoms with E-state index in [1.54, 1.807) is 4.90 Å². The lowest BCUT2D eigenvalue weighted by Gasteiger charge is -2.35. The normalized spacial score (nSPS) is 15.7. The molecule has 0 aliphatic carbocycles. The number of carbonyl (C=O) groups excluding carboxylic acids is 1. The first-order valence-electron chi connectivity index (χ1n) is 12.0. The van der Waals surface area contributed by atoms with Crippen LogP contribution in [0.15, 0.2) is 83.0 Å². The predicted molar refractivity (Wildman–Crippen MR) is 140 cm³/mol. The van der Waals surface area contributed by atoms with E-state index in [4.69, 9.17) is 14.2 Å². The van der Waals surface area contributed by atoms with Crippen molar-refractivity contribution in [3.63, 3.8) is 0 Å². The van der Waals surface area contributed by atoms with Gasteiger partial charge in [-0.1, -0.05) is 58.7 Å². The molecule has 2 amide bonds. The van der Waals surface area contributed by atoms with Crippen molar-refractivity contribution in [2.24, 2.45) is 0 Å². The van der Waals surface area contributed by atoms with E-state index in [1.165, 1.54) is 0 Å². The number of anilines is 1. The number of ether oxygens (including phenoxy) is 1. The number of nitrogens with one attached hydrogen (secondary N) is 1. The first-order valence-corrected chi connectivity index (χ1v) is 12.0. The lowest BCUT2D eigenvalue weighted by atomic mass is 9.94. The van der Waals surface area contributed by atoms with Crippen LogP contribution < -0.4 is 15.0 Å². The molecule has 0 saturated heterocycles. The second kappa shape index (κ2) is 9.70. The van der Waals surface area contributed by atoms with Crippen LogP contribution in [-0.2, 0) is 0 Å². The van der Waals surface area contributed by atoms with E-state index in [-0.39, 0.29) is 6.03 Å². The lowest BCUT2D eigenvalue weighted by Crippen LogP contribution is -2.46. The topological polar surface area (TPSA) is 80.5 Å². The fraction of sp³-hybridized carbons (Fsp3) is 0.207. The number of hydrogen-bond acceptors (Lipinski definition) is 5. The summed E-state index contributed by atoms with van der Waals surface area (Å²) < 4.78 is 11.4. The number of allylic oxidation sites excluding steroid dienone is 1. The minimum Gasteiger partial charge on any atom is -0.494 e. The van der Waals surface area contributed by atoms with E-state index >= 15 is 0 Å². The van der Waals surface area contributed by atoms with E-state index in [2.05, 4.69) is 10.5 Å². The fourth-order valence-electron chi connectivity index (χ4n) is 4.43. The summed E-state index contributed by atoms with van der Waals surface area (Å²) in [5.41, 5.74) is 6.23. The van der Waals surface area contributed by atoms with E-state index in [9.17, 15) is 4.79 Å². The summed E-state index contributed by atoms with van der Waals surface area (Å²) in [6, 6.07) is 22.8. The van der Waals surface area contributed by atoms with Crippen molar-refractivity contribution >= 4 is 17.3 Å². The maximum Gasteiger partial charge on any atom is 0.326 e. The molecule has 36 heavy (non-hydrogen) atoms. The van der Waals surface area contributed by atoms with Crippen molar-refractivity contribution in [2.75, 3.05) is 11.5 Å². The summed E-state index contributed by atoms with van der Waals surface area (Å²) in [7, 11) is 0. The summed E-state index contributed by atoms with van der Waals surface area (Å²) in [6.07, 6.45) is 0. The van der Waals surface area contributed by atoms with Gasteiger partial charge in [0.15, 0.2) is 0 Å². The Morgan fingerprint density at radius 1 is 0.972 bits per heavy atom. The monoisotopic (exact) mass is 480 g/mol. The number of rotatable bonds is 6. The van der Waals surface area contributed by atoms with E-state index in [0.717, 1.165) is 33.6 Å². The molecule has 0 saturated carbocycles. The van der Waals surface area contributed by atoms with Crippen LogP contribution in [0.1, 0.15) is 42.5 Å². The maximum atomic E-state index is 13.4. The van der Waals surface area contributed by atoms with Crippen molar-refractivity contribution < 1.29 is 14.1 Å². The Bertz CT molecular complexity index is 1420. The van der Waals surface area contributed by atoms with Crippen molar-refractivity contribution in [3.8, 4) is 17.1 Å². The quantitative estimate of drug-likeness (QED) is 0.343. The molecule has 182 valence electrons. The third-order valence-electron chi connectivity index (χ3n) is 6.23. The summed E-state index contributed by atoms with van der Waals surface area (Å²) in [6.45, 7) is 8.47. The third-order valence-corrected chi connectivity index (χ3v) is 6.23. The van der Waals surface area contributed by atoms with Crippen LogP contribution in [0.2, 0.25) is 0 Å². The third kappa shape index (κ3) is 4.47. The number of amides is 2. The van der Waals surface area contributed by atoms with Crippen LogP contribution in [0, 0.1) is 13.8 Å². The standard InChI is InChI=1S/C29H28N4O3/c1-5-35-24-15-13-23(14-16-24)33-20(4)25(26(30-29(33)34)21-11-9-18(2)10-12-21)28-31-27(32-36-28)22-8-6-7-19(3)17-22/h6-17,26H,5H2,1-4H3,(H,30,34). The largest absolute Gasteiger partial charge is 0.494 e. The Kier molecular flexibility index (Phi) is 6.29. The Labute approximate surface area is 210 Å². The molecule has 0 fully saturated rings. The summed E-state index contributed by atoms with van der Waals surface area (Å²) in [4.78, 5) is 19.8. The Morgan fingerprint density at radius 3 is 2.42 bits per heavy atom. The van der Waals surface area contributed by atoms with Gasteiger partial charge >= 0.3 is 6.03 Å². The second-order valence-electron chi connectivity index (χ2n) is 8.85. The van der Waals surface area contributed by atoms with Gasteiger partial charge in [-0.05, 0) is 63.6 Å². The van der Waals surface area contributed by atoms with Gasteiger partial charge < -0.3 is 14.6 Å². The van der Waals surface area contributed by atoms with Gasteiger partial charge in [-0.3, -0.25) is 4.90 Å². The summed E-state index contributed by atoms with van der Waals surface area (Å²) >= 11 is 0. The molecule has 1 unspecified atom stereocenters. The van der Waals surface area contributed by atoms with E-state index in [1.807, 2.05) is 100 Å². The van der Waals surface area contributed by atoms with Crippen molar-refractivity contribution in [3.05, 3.63) is 101 Å². The van der Waals surface area contributed by atoms with Crippen molar-refractivity contribution in [1.82, 2.24) is 15.5 Å². The number of benzene rings is 3. The average molecular weight is 481 g/mol. The van der Waals surface area contributed by atoms with Gasteiger partial charge in [-0.2, -0.15) is 4.98 Å². The molecule has 1 aromatic heterocycles. The second-order valence-corrected chi connectivity index (χ2v) is 8.85. The molecular weight excluding hydrogens is 452 g/mol. The van der Waals surface area contributed by atoms with Gasteiger partial charge in [-0.25, -0.2) is 4.79 Å². The zero-order valence-electron chi connectivity index (χ0n) is 20.8. The molecule has 1 N–H and O–H groups in total. The van der Waals surface area contributed by atoms with Gasteiger partial charge in [0.25, 0.3) is 5.89 Å². The van der Waals surface area contributed by atoms with Crippen LogP contribution in [0.4, 0.5) is 10.5 Å². The van der Waals surface area contributed by atoms with Crippen LogP contribution in [0.3, 0.4) is 0 Å². The molecule has 0 radical (unpaired) electrons. The van der Waals surface area contributed by atoms with Crippen molar-refractivity contribution in [2.45, 2.75) is 33.7 Å². The molecule has 3 aromatic carbocycles. The first kappa shape index (κ1) is 23.4. The number of aromatic nitrogens is 2. The van der Waals surface area contributed by atoms with Crippen LogP contribution in [0.5, 0.6) is 5.75 Å². The van der Waals surface area contributed by atoms with Crippen LogP contribution >= 0.6 is 0 Å². The van der Waals surface area contributed by atoms with Gasteiger partial charge in [0.05, 0.1) is 23.9 Å². The minimum atomic E-state index is -0.442. The predicted octanol–water partition coefficient (Wildman–Crippen LogP) is 6.45. The number of aryl methyl sites for hydroxylation is 2. The van der Waals surface area contributed by atoms with Gasteiger partial charge in [-0.15, -0.1) is 0 Å². The molecule has 1 aliphatic heterocycles. The Hall–Kier alpha value is -4.39. The number of urea groups is 1. The fourth-order valence-corrected chi connectivity index (χ4v) is 4.43. The molecule has 1 aliphatic rings. The number of carbonyl (C=O) groups is 1. The summed E-state index contributed by atoms with van der Waals surface area (Å²) in [5.74, 6) is 1.62. The van der Waals surface area contributed by atoms with Gasteiger partial charge in [0, 0.05) is 11.3 Å². The zero-order valence-corrected chi connectivity index (χ0v) is 20.8. The molecule has 1 atom stereocenters. The highest BCUT2D eigenvalue weighted by Gasteiger charge is 2.36. The molecule has 2 heterocycles. The van der Waals surface area contributed by atoms with E-state index < -0.39 is 6.04 Å². The first-order chi connectivity index (χ1) is 17.4. The molecule has 4 aromatic rings. The SMILES string of the molecule is CCOc1ccc(N2C(=O)NC(c3ccc(C)cc3)C(c3nc(-c4cccc(C)c4)no3)=C2C)cc1. The molecule has 5 rings (SSSR count). The van der Waals surface area contributed by atoms with E-state index in [0.29, 0.717) is 29.7 Å². The smallest absolute Gasteiger partial charge is 0.326 e. The van der Waals surface area contributed by atoms with Crippen LogP contribution in [0.25, 0.3) is 17.0 Å². The highest BCUT2D eigenvalue weighted by molar-refractivity contribution is 6.01. The zero-order chi connectivity index (χ0) is 25.2. The molecule has 7 heteroatoms. The minimum absolute atomic E-state index is 0.232. The summed E-state index contributed by atoms with van der Waals surface area (Å²) in [5, 5.41) is 7.41. The van der Waals surface area contributed by atoms with Crippen LogP contribution in [-0.4, -0.2) is 22.8 Å². The molecule has 0 spiro atoms. The molecular formula is C29H28N4O3. The Morgan fingerprint density at radius 2 is 1.72 bits per heavy atom. The maximum absolute atomic E-state index is 13.4. The van der Waals surface area contributed by atoms with Crippen molar-refractivity contribution in [1.29, 1.82) is 0 Å². The highest BCUT2D eigenvalue weighted by Crippen LogP contribution is 2.39.